The third-order valence-electron chi connectivity index (χ3n) is 14.7. The maximum atomic E-state index is 2.48. The van der Waals surface area contributed by atoms with E-state index in [1.807, 2.05) is 0 Å². The van der Waals surface area contributed by atoms with Gasteiger partial charge in [-0.2, -0.15) is 0 Å². The maximum Gasteiger partial charge on any atom is 0.0465 e. The monoisotopic (exact) mass is 964 g/mol. The van der Waals surface area contributed by atoms with Gasteiger partial charge in [-0.3, -0.25) is 0 Å². The Balaban J connectivity index is 0.962. The number of fused-ring (bicyclic) bond motifs is 3. The molecule has 1 aliphatic carbocycles. The van der Waals surface area contributed by atoms with Crippen LogP contribution in [0.2, 0.25) is 0 Å². The van der Waals surface area contributed by atoms with Crippen LogP contribution in [0.5, 0.6) is 0 Å². The number of rotatable bonds is 16. The van der Waals surface area contributed by atoms with Gasteiger partial charge in [0.25, 0.3) is 0 Å². The van der Waals surface area contributed by atoms with Gasteiger partial charge >= 0.3 is 0 Å². The molecule has 0 unspecified atom stereocenters. The lowest BCUT2D eigenvalue weighted by molar-refractivity contribution is 0.490. The van der Waals surface area contributed by atoms with Crippen LogP contribution in [0.15, 0.2) is 255 Å². The number of benzene rings is 10. The molecule has 0 radical (unpaired) electrons. The summed E-state index contributed by atoms with van der Waals surface area (Å²) in [6, 6.07) is 92.1. The molecule has 0 aromatic heterocycles. The van der Waals surface area contributed by atoms with Crippen molar-refractivity contribution in [3.63, 3.8) is 0 Å². The Morgan fingerprint density at radius 2 is 0.467 bits per heavy atom. The van der Waals surface area contributed by atoms with Gasteiger partial charge in [-0.25, -0.2) is 0 Å². The van der Waals surface area contributed by atoms with E-state index in [2.05, 4.69) is 327 Å². The average molecular weight is 965 g/mol. The molecule has 0 bridgehead atoms. The summed E-state index contributed by atoms with van der Waals surface area (Å²) in [5, 5.41) is 0. The smallest absolute Gasteiger partial charge is 0.0465 e. The fourth-order valence-corrected chi connectivity index (χ4v) is 10.6. The first-order valence-corrected chi connectivity index (χ1v) is 26.3. The molecule has 0 aliphatic heterocycles. The van der Waals surface area contributed by atoms with Gasteiger partial charge in [0.05, 0.1) is 0 Å². The molecule has 0 amide bonds. The second-order valence-electron chi connectivity index (χ2n) is 19.3. The number of hydrogen-bond acceptors (Lipinski definition) is 2. The van der Waals surface area contributed by atoms with E-state index >= 15 is 0 Å². The van der Waals surface area contributed by atoms with Gasteiger partial charge in [-0.1, -0.05) is 244 Å². The van der Waals surface area contributed by atoms with E-state index in [1.165, 1.54) is 44.5 Å². The van der Waals surface area contributed by atoms with Crippen molar-refractivity contribution in [1.29, 1.82) is 0 Å². The molecule has 11 rings (SSSR count). The van der Waals surface area contributed by atoms with Crippen molar-refractivity contribution in [1.82, 2.24) is 0 Å². The van der Waals surface area contributed by atoms with Gasteiger partial charge in [0, 0.05) is 39.5 Å². The second-order valence-corrected chi connectivity index (χ2v) is 19.3. The zero-order chi connectivity index (χ0) is 50.8. The highest BCUT2D eigenvalue weighted by atomic mass is 15.1. The Morgan fingerprint density at radius 3 is 0.693 bits per heavy atom. The first-order valence-electron chi connectivity index (χ1n) is 26.3. The predicted octanol–water partition coefficient (Wildman–Crippen LogP) is 20.4. The van der Waals surface area contributed by atoms with E-state index in [1.54, 1.807) is 0 Å². The Labute approximate surface area is 443 Å². The fraction of sp³-hybridized carbons (Fsp3) is 0.0685. The summed E-state index contributed by atoms with van der Waals surface area (Å²) in [4.78, 5) is 4.83. The first-order chi connectivity index (χ1) is 37.0. The lowest BCUT2D eigenvalue weighted by Crippen LogP contribution is -2.24. The highest BCUT2D eigenvalue weighted by Gasteiger charge is 2.41. The molecule has 362 valence electrons. The first kappa shape index (κ1) is 48.1. The predicted molar refractivity (Wildman–Crippen MR) is 324 cm³/mol. The van der Waals surface area contributed by atoms with Gasteiger partial charge in [0.15, 0.2) is 0 Å². The summed E-state index contributed by atoms with van der Waals surface area (Å²) in [6.45, 7) is 4.73. The van der Waals surface area contributed by atoms with E-state index < -0.39 is 0 Å². The van der Waals surface area contributed by atoms with E-state index in [4.69, 9.17) is 0 Å². The Kier molecular flexibility index (Phi) is 14.3. The van der Waals surface area contributed by atoms with Crippen molar-refractivity contribution in [2.75, 3.05) is 9.80 Å². The summed E-state index contributed by atoms with van der Waals surface area (Å²) < 4.78 is 0. The molecule has 2 nitrogen and oxygen atoms in total. The number of hydrogen-bond donors (Lipinski definition) is 0. The highest BCUT2D eigenvalue weighted by Crippen LogP contribution is 2.55. The van der Waals surface area contributed by atoms with E-state index in [0.717, 1.165) is 69.2 Å². The number of nitrogens with zero attached hydrogens (tertiary/aromatic N) is 2. The molecule has 75 heavy (non-hydrogen) atoms. The normalized spacial score (nSPS) is 12.7. The van der Waals surface area contributed by atoms with Crippen LogP contribution in [0.3, 0.4) is 0 Å². The SMILES string of the molecule is CCC1(CC)c2cc(N(c3ccc(/C=C/c4ccccc4)cc3)c3ccc(/C=C/c4ccccc4)cc3)ccc2-c2ccc(N(c3ccc(/C=C/c4ccccc4)cc3)c3ccc(/C=C/c4ccccc4)cc3)cc21. The van der Waals surface area contributed by atoms with Crippen molar-refractivity contribution in [3.8, 4) is 11.1 Å². The van der Waals surface area contributed by atoms with Gasteiger partial charge in [-0.05, 0) is 152 Å². The van der Waals surface area contributed by atoms with Crippen molar-refractivity contribution in [2.45, 2.75) is 32.1 Å². The maximum absolute atomic E-state index is 2.48. The summed E-state index contributed by atoms with van der Waals surface area (Å²) in [6.07, 6.45) is 19.4. The third-order valence-corrected chi connectivity index (χ3v) is 14.7. The molecular formula is C73H60N2. The van der Waals surface area contributed by atoms with Gasteiger partial charge in [0.1, 0.15) is 0 Å². The molecule has 0 atom stereocenters. The van der Waals surface area contributed by atoms with Gasteiger partial charge < -0.3 is 9.80 Å². The lowest BCUT2D eigenvalue weighted by atomic mass is 9.73. The largest absolute Gasteiger partial charge is 0.310 e. The topological polar surface area (TPSA) is 6.48 Å². The van der Waals surface area contributed by atoms with Crippen LogP contribution < -0.4 is 9.80 Å². The molecule has 1 aliphatic rings. The van der Waals surface area contributed by atoms with Gasteiger partial charge in [-0.15, -0.1) is 0 Å². The Bertz CT molecular complexity index is 3180. The van der Waals surface area contributed by atoms with E-state index in [0.29, 0.717) is 0 Å². The van der Waals surface area contributed by atoms with Crippen LogP contribution in [-0.4, -0.2) is 0 Å². The average Bonchev–Trinajstić information content (AvgIpc) is 3.89. The second kappa shape index (κ2) is 22.3. The lowest BCUT2D eigenvalue weighted by Gasteiger charge is -2.33. The fourth-order valence-electron chi connectivity index (χ4n) is 10.6. The Morgan fingerprint density at radius 1 is 0.253 bits per heavy atom. The molecule has 0 fully saturated rings. The third kappa shape index (κ3) is 10.7. The number of anilines is 6. The zero-order valence-corrected chi connectivity index (χ0v) is 42.7. The van der Waals surface area contributed by atoms with Crippen molar-refractivity contribution in [3.05, 3.63) is 310 Å². The molecule has 0 spiro atoms. The van der Waals surface area contributed by atoms with Crippen LogP contribution in [-0.2, 0) is 5.41 Å². The molecule has 0 heterocycles. The van der Waals surface area contributed by atoms with Crippen LogP contribution in [0.1, 0.15) is 82.3 Å². The molecular weight excluding hydrogens is 905 g/mol. The van der Waals surface area contributed by atoms with E-state index in [9.17, 15) is 0 Å². The molecule has 2 heteroatoms. The molecule has 0 saturated heterocycles. The molecule has 10 aromatic carbocycles. The van der Waals surface area contributed by atoms with E-state index in [-0.39, 0.29) is 5.41 Å². The van der Waals surface area contributed by atoms with Crippen molar-refractivity contribution >= 4 is 82.7 Å². The minimum atomic E-state index is -0.204. The minimum Gasteiger partial charge on any atom is -0.310 e. The molecule has 10 aromatic rings. The van der Waals surface area contributed by atoms with Crippen LogP contribution in [0.4, 0.5) is 34.1 Å². The summed E-state index contributed by atoms with van der Waals surface area (Å²) in [5.74, 6) is 0. The van der Waals surface area contributed by atoms with Crippen molar-refractivity contribution in [2.24, 2.45) is 0 Å². The quantitative estimate of drug-likeness (QED) is 0.0891. The highest BCUT2D eigenvalue weighted by molar-refractivity contribution is 5.89. The zero-order valence-electron chi connectivity index (χ0n) is 42.7. The summed E-state index contributed by atoms with van der Waals surface area (Å²) in [5.41, 5.74) is 21.2. The molecule has 0 N–H and O–H groups in total. The van der Waals surface area contributed by atoms with Crippen LogP contribution in [0, 0.1) is 0 Å². The minimum absolute atomic E-state index is 0.204. The van der Waals surface area contributed by atoms with Crippen LogP contribution in [0.25, 0.3) is 59.7 Å². The Hall–Kier alpha value is -9.24. The van der Waals surface area contributed by atoms with Crippen LogP contribution >= 0.6 is 0 Å². The van der Waals surface area contributed by atoms with Crippen molar-refractivity contribution < 1.29 is 0 Å². The standard InChI is InChI=1S/C73H60N2/c1-3-73(4-2)71-53-67(74(63-41-33-59(34-42-63)29-25-55-17-9-5-10-18-55)64-43-35-60(36-44-64)30-26-56-19-11-6-12-20-56)49-51-69(71)70-52-50-68(54-72(70)73)75(65-45-37-61(38-46-65)31-27-57-21-13-7-14-22-57)66-47-39-62(40-48-66)32-28-58-23-15-8-16-24-58/h5-54H,3-4H2,1-2H3/b29-25+,30-26+,31-27+,32-28+. The van der Waals surface area contributed by atoms with Gasteiger partial charge in [0.2, 0.25) is 0 Å². The summed E-state index contributed by atoms with van der Waals surface area (Å²) >= 11 is 0. The molecule has 0 saturated carbocycles. The summed E-state index contributed by atoms with van der Waals surface area (Å²) in [7, 11) is 0.